The summed E-state index contributed by atoms with van der Waals surface area (Å²) >= 11 is 0. The van der Waals surface area contributed by atoms with E-state index in [0.29, 0.717) is 5.56 Å². The van der Waals surface area contributed by atoms with E-state index in [1.165, 1.54) is 45.2 Å². The monoisotopic (exact) mass is 371 g/mol. The van der Waals surface area contributed by atoms with Crippen LogP contribution in [0.15, 0.2) is 12.1 Å². The Bertz CT molecular complexity index is 716. The number of phenols is 1. The number of aromatic hydroxyl groups is 1. The van der Waals surface area contributed by atoms with Crippen molar-refractivity contribution in [2.75, 3.05) is 26.2 Å². The minimum absolute atomic E-state index is 0.0379. The molecular formula is C23H35N2O2+. The third kappa shape index (κ3) is 4.72. The average molecular weight is 372 g/mol. The lowest BCUT2D eigenvalue weighted by atomic mass is 9.84. The first-order chi connectivity index (χ1) is 12.9. The maximum absolute atomic E-state index is 11.4. The van der Waals surface area contributed by atoms with Crippen LogP contribution in [-0.4, -0.2) is 52.9 Å². The third-order valence-corrected chi connectivity index (χ3v) is 6.00. The standard InChI is InChI=1S/C23H34N2O2/c1-23(2,3)20-15-18(22(27)19(16-20)17-26)9-7-12-25-14-8-13-24-11-6-4-5-10-21(24)25/h15-17H,4-14H2,1-3H3/p+1. The Kier molecular flexibility index (Phi) is 6.23. The SMILES string of the molecule is CC(C)(C)c1cc(C=O)c(O)c(CCCN2CCC[N+]3=C2CCCCC3)c1. The van der Waals surface area contributed by atoms with Crippen LogP contribution in [0.2, 0.25) is 0 Å². The molecule has 0 spiro atoms. The summed E-state index contributed by atoms with van der Waals surface area (Å²) in [6.07, 6.45) is 8.99. The molecule has 0 fully saturated rings. The zero-order valence-corrected chi connectivity index (χ0v) is 17.3. The van der Waals surface area contributed by atoms with Crippen LogP contribution in [0, 0.1) is 0 Å². The number of benzene rings is 1. The van der Waals surface area contributed by atoms with Crippen molar-refractivity contribution in [1.29, 1.82) is 0 Å². The lowest BCUT2D eigenvalue weighted by Gasteiger charge is -2.26. The minimum atomic E-state index is -0.0379. The molecule has 3 rings (SSSR count). The van der Waals surface area contributed by atoms with Crippen molar-refractivity contribution in [3.8, 4) is 5.75 Å². The van der Waals surface area contributed by atoms with Crippen molar-refractivity contribution in [1.82, 2.24) is 4.90 Å². The maximum atomic E-state index is 11.4. The van der Waals surface area contributed by atoms with E-state index in [0.717, 1.165) is 43.3 Å². The Morgan fingerprint density at radius 2 is 1.93 bits per heavy atom. The molecule has 1 aromatic rings. The molecule has 0 saturated heterocycles. The number of aldehydes is 1. The first-order valence-electron chi connectivity index (χ1n) is 10.6. The number of nitrogens with zero attached hydrogens (tertiary/aromatic N) is 2. The number of aryl methyl sites for hydroxylation is 1. The van der Waals surface area contributed by atoms with Crippen molar-refractivity contribution < 1.29 is 14.5 Å². The molecule has 27 heavy (non-hydrogen) atoms. The smallest absolute Gasteiger partial charge is 0.246 e. The second-order valence-electron chi connectivity index (χ2n) is 9.10. The summed E-state index contributed by atoms with van der Waals surface area (Å²) in [5, 5.41) is 10.5. The highest BCUT2D eigenvalue weighted by Gasteiger charge is 2.28. The zero-order chi connectivity index (χ0) is 19.4. The van der Waals surface area contributed by atoms with Crippen LogP contribution in [0.4, 0.5) is 0 Å². The minimum Gasteiger partial charge on any atom is -0.507 e. The van der Waals surface area contributed by atoms with Gasteiger partial charge in [0.15, 0.2) is 6.29 Å². The Hall–Kier alpha value is -1.84. The summed E-state index contributed by atoms with van der Waals surface area (Å²) in [6.45, 7) is 11.0. The van der Waals surface area contributed by atoms with E-state index in [4.69, 9.17) is 0 Å². The van der Waals surface area contributed by atoms with Crippen molar-refractivity contribution in [3.05, 3.63) is 28.8 Å². The van der Waals surface area contributed by atoms with Gasteiger partial charge in [-0.1, -0.05) is 26.8 Å². The van der Waals surface area contributed by atoms with Gasteiger partial charge in [0.25, 0.3) is 0 Å². The van der Waals surface area contributed by atoms with E-state index in [9.17, 15) is 9.90 Å². The molecule has 0 unspecified atom stereocenters. The van der Waals surface area contributed by atoms with Crippen LogP contribution in [0.25, 0.3) is 0 Å². The van der Waals surface area contributed by atoms with E-state index >= 15 is 0 Å². The van der Waals surface area contributed by atoms with Crippen LogP contribution in [-0.2, 0) is 11.8 Å². The predicted molar refractivity (Wildman–Crippen MR) is 110 cm³/mol. The van der Waals surface area contributed by atoms with Crippen LogP contribution >= 0.6 is 0 Å². The number of carbonyl (C=O) groups is 1. The van der Waals surface area contributed by atoms with E-state index in [1.54, 1.807) is 5.84 Å². The van der Waals surface area contributed by atoms with E-state index in [-0.39, 0.29) is 11.2 Å². The van der Waals surface area contributed by atoms with Gasteiger partial charge in [-0.05, 0) is 54.7 Å². The van der Waals surface area contributed by atoms with Crippen LogP contribution in [0.3, 0.4) is 0 Å². The van der Waals surface area contributed by atoms with E-state index in [2.05, 4.69) is 36.3 Å². The molecule has 1 aromatic carbocycles. The van der Waals surface area contributed by atoms with Gasteiger partial charge in [0.2, 0.25) is 5.84 Å². The Labute approximate surface area is 163 Å². The number of hydrogen-bond donors (Lipinski definition) is 1. The Morgan fingerprint density at radius 1 is 1.15 bits per heavy atom. The van der Waals surface area contributed by atoms with Crippen molar-refractivity contribution in [2.45, 2.75) is 71.1 Å². The molecular weight excluding hydrogens is 336 g/mol. The van der Waals surface area contributed by atoms with Gasteiger partial charge in [-0.25, -0.2) is 0 Å². The molecule has 2 heterocycles. The Morgan fingerprint density at radius 3 is 2.67 bits per heavy atom. The van der Waals surface area contributed by atoms with E-state index in [1.807, 2.05) is 6.07 Å². The molecule has 0 saturated carbocycles. The summed E-state index contributed by atoms with van der Waals surface area (Å²) in [5.74, 6) is 1.71. The molecule has 2 aliphatic rings. The summed E-state index contributed by atoms with van der Waals surface area (Å²) in [6, 6.07) is 3.92. The molecule has 0 bridgehead atoms. The lowest BCUT2D eigenvalue weighted by molar-refractivity contribution is -0.539. The van der Waals surface area contributed by atoms with Gasteiger partial charge in [-0.2, -0.15) is 0 Å². The normalized spacial score (nSPS) is 18.3. The maximum Gasteiger partial charge on any atom is 0.246 e. The largest absolute Gasteiger partial charge is 0.507 e. The number of rotatable bonds is 5. The third-order valence-electron chi connectivity index (χ3n) is 6.00. The molecule has 2 aliphatic heterocycles. The molecule has 4 heteroatoms. The van der Waals surface area contributed by atoms with Crippen molar-refractivity contribution in [2.24, 2.45) is 0 Å². The summed E-state index contributed by atoms with van der Waals surface area (Å²) < 4.78 is 2.60. The number of carbonyl (C=O) groups excluding carboxylic acids is 1. The average Bonchev–Trinajstić information content (AvgIpc) is 2.88. The van der Waals surface area contributed by atoms with Crippen molar-refractivity contribution in [3.63, 3.8) is 0 Å². The topological polar surface area (TPSA) is 43.5 Å². The lowest BCUT2D eigenvalue weighted by Crippen LogP contribution is -2.44. The van der Waals surface area contributed by atoms with Gasteiger partial charge in [0.1, 0.15) is 5.75 Å². The highest BCUT2D eigenvalue weighted by molar-refractivity contribution is 5.80. The quantitative estimate of drug-likeness (QED) is 0.625. The number of hydrogen-bond acceptors (Lipinski definition) is 3. The highest BCUT2D eigenvalue weighted by atomic mass is 16.3. The fourth-order valence-corrected chi connectivity index (χ4v) is 4.36. The summed E-state index contributed by atoms with van der Waals surface area (Å²) in [7, 11) is 0. The molecule has 0 atom stereocenters. The summed E-state index contributed by atoms with van der Waals surface area (Å²) in [4.78, 5) is 14.0. The Balaban J connectivity index is 1.70. The second-order valence-corrected chi connectivity index (χ2v) is 9.10. The van der Waals surface area contributed by atoms with Crippen LogP contribution < -0.4 is 0 Å². The molecule has 0 aromatic heterocycles. The van der Waals surface area contributed by atoms with Gasteiger partial charge in [0, 0.05) is 12.8 Å². The predicted octanol–water partition coefficient (Wildman–Crippen LogP) is 4.13. The fourth-order valence-electron chi connectivity index (χ4n) is 4.36. The zero-order valence-electron chi connectivity index (χ0n) is 17.3. The van der Waals surface area contributed by atoms with Crippen LogP contribution in [0.5, 0.6) is 5.75 Å². The molecule has 0 aliphatic carbocycles. The van der Waals surface area contributed by atoms with Gasteiger partial charge < -0.3 is 5.11 Å². The van der Waals surface area contributed by atoms with Crippen LogP contribution in [0.1, 0.15) is 80.8 Å². The summed E-state index contributed by atoms with van der Waals surface area (Å²) in [5.41, 5.74) is 2.40. The van der Waals surface area contributed by atoms with Gasteiger partial charge >= 0.3 is 0 Å². The molecule has 0 radical (unpaired) electrons. The van der Waals surface area contributed by atoms with Gasteiger partial charge in [0.05, 0.1) is 31.7 Å². The molecule has 0 amide bonds. The van der Waals surface area contributed by atoms with E-state index < -0.39 is 0 Å². The fraction of sp³-hybridized carbons (Fsp3) is 0.652. The highest BCUT2D eigenvalue weighted by Crippen LogP contribution is 2.31. The number of phenolic OH excluding ortho intramolecular Hbond substituents is 1. The molecule has 4 nitrogen and oxygen atoms in total. The molecule has 148 valence electrons. The molecule has 1 N–H and O–H groups in total. The van der Waals surface area contributed by atoms with Gasteiger partial charge in [-0.3, -0.25) is 14.3 Å². The first-order valence-corrected chi connectivity index (χ1v) is 10.6. The first kappa shape index (κ1) is 19.9. The van der Waals surface area contributed by atoms with Crippen molar-refractivity contribution >= 4 is 12.1 Å². The second kappa shape index (κ2) is 8.45. The van der Waals surface area contributed by atoms with Gasteiger partial charge in [-0.15, -0.1) is 0 Å². The number of amidine groups is 1.